The number of hydrogen-bond donors (Lipinski definition) is 1. The van der Waals surface area contributed by atoms with Crippen LogP contribution in [-0.4, -0.2) is 19.1 Å². The molecule has 1 aromatic rings. The summed E-state index contributed by atoms with van der Waals surface area (Å²) in [5.74, 6) is -1.73. The largest absolute Gasteiger partial charge is 0.381 e. The zero-order chi connectivity index (χ0) is 13.5. The molecule has 18 heavy (non-hydrogen) atoms. The predicted octanol–water partition coefficient (Wildman–Crippen LogP) is 3.48. The van der Waals surface area contributed by atoms with Crippen LogP contribution in [0.3, 0.4) is 0 Å². The summed E-state index contributed by atoms with van der Waals surface area (Å²) in [5, 5.41) is 2.30. The standard InChI is InChI=1S/C12H14BrF2NO2/c1-2-4-18-5-3-12(17)16-11-7-9(14)8(13)6-10(11)15/h6-7H,2-5H2,1H3,(H,16,17). The Balaban J connectivity index is 2.51. The minimum atomic E-state index is -0.689. The molecule has 1 aromatic carbocycles. The molecule has 100 valence electrons. The van der Waals surface area contributed by atoms with E-state index in [1.54, 1.807) is 0 Å². The fourth-order valence-corrected chi connectivity index (χ4v) is 1.56. The predicted molar refractivity (Wildman–Crippen MR) is 68.4 cm³/mol. The van der Waals surface area contributed by atoms with Gasteiger partial charge in [0.25, 0.3) is 0 Å². The molecule has 0 spiro atoms. The van der Waals surface area contributed by atoms with Gasteiger partial charge in [0.1, 0.15) is 11.6 Å². The third kappa shape index (κ3) is 4.70. The van der Waals surface area contributed by atoms with Gasteiger partial charge in [-0.25, -0.2) is 8.78 Å². The lowest BCUT2D eigenvalue weighted by Crippen LogP contribution is -2.15. The van der Waals surface area contributed by atoms with Gasteiger partial charge < -0.3 is 10.1 Å². The minimum absolute atomic E-state index is 0.0179. The highest BCUT2D eigenvalue weighted by Crippen LogP contribution is 2.23. The number of halogens is 3. The fraction of sp³-hybridized carbons (Fsp3) is 0.417. The van der Waals surface area contributed by atoms with Gasteiger partial charge in [0.05, 0.1) is 23.2 Å². The first-order chi connectivity index (χ1) is 8.54. The molecule has 1 amide bonds. The summed E-state index contributed by atoms with van der Waals surface area (Å²) in [6, 6.07) is 1.91. The van der Waals surface area contributed by atoms with Crippen LogP contribution in [0.15, 0.2) is 16.6 Å². The average molecular weight is 322 g/mol. The Morgan fingerprint density at radius 3 is 2.72 bits per heavy atom. The van der Waals surface area contributed by atoms with Gasteiger partial charge in [0, 0.05) is 12.7 Å². The Morgan fingerprint density at radius 2 is 2.06 bits per heavy atom. The highest BCUT2D eigenvalue weighted by molar-refractivity contribution is 9.10. The van der Waals surface area contributed by atoms with E-state index in [0.717, 1.165) is 18.6 Å². The highest BCUT2D eigenvalue weighted by Gasteiger charge is 2.10. The summed E-state index contributed by atoms with van der Waals surface area (Å²) in [6.45, 7) is 2.80. The van der Waals surface area contributed by atoms with Crippen LogP contribution in [0.1, 0.15) is 19.8 Å². The topological polar surface area (TPSA) is 38.3 Å². The van der Waals surface area contributed by atoms with E-state index in [4.69, 9.17) is 4.74 Å². The van der Waals surface area contributed by atoms with E-state index in [0.29, 0.717) is 6.61 Å². The second-order valence-electron chi connectivity index (χ2n) is 3.66. The van der Waals surface area contributed by atoms with Crippen LogP contribution in [0, 0.1) is 11.6 Å². The summed E-state index contributed by atoms with van der Waals surface area (Å²) >= 11 is 2.86. The van der Waals surface area contributed by atoms with Gasteiger partial charge in [-0.3, -0.25) is 4.79 Å². The molecule has 0 fully saturated rings. The third-order valence-corrected chi connectivity index (χ3v) is 2.71. The number of nitrogens with one attached hydrogen (secondary N) is 1. The molecular weight excluding hydrogens is 308 g/mol. The van der Waals surface area contributed by atoms with Gasteiger partial charge in [0.2, 0.25) is 5.91 Å². The zero-order valence-electron chi connectivity index (χ0n) is 9.93. The van der Waals surface area contributed by atoms with Crippen molar-refractivity contribution in [1.29, 1.82) is 0 Å². The maximum atomic E-state index is 13.4. The third-order valence-electron chi connectivity index (χ3n) is 2.11. The van der Waals surface area contributed by atoms with Crippen molar-refractivity contribution in [2.75, 3.05) is 18.5 Å². The van der Waals surface area contributed by atoms with Gasteiger partial charge in [-0.15, -0.1) is 0 Å². The smallest absolute Gasteiger partial charge is 0.226 e. The molecule has 0 radical (unpaired) electrons. The Kier molecular flexibility index (Phi) is 6.21. The van der Waals surface area contributed by atoms with Crippen molar-refractivity contribution < 1.29 is 18.3 Å². The Hall–Kier alpha value is -1.01. The lowest BCUT2D eigenvalue weighted by Gasteiger charge is -2.07. The summed E-state index contributed by atoms with van der Waals surface area (Å²) in [7, 11) is 0. The van der Waals surface area contributed by atoms with Gasteiger partial charge >= 0.3 is 0 Å². The van der Waals surface area contributed by atoms with Crippen LogP contribution in [-0.2, 0) is 9.53 Å². The number of amides is 1. The SMILES string of the molecule is CCCOCCC(=O)Nc1cc(F)c(Br)cc1F. The number of anilines is 1. The molecule has 1 rings (SSSR count). The fourth-order valence-electron chi connectivity index (χ4n) is 1.24. The second-order valence-corrected chi connectivity index (χ2v) is 4.51. The summed E-state index contributed by atoms with van der Waals surface area (Å²) in [5.41, 5.74) is -0.170. The average Bonchev–Trinajstić information content (AvgIpc) is 2.32. The van der Waals surface area contributed by atoms with E-state index in [1.165, 1.54) is 0 Å². The number of benzene rings is 1. The van der Waals surface area contributed by atoms with E-state index in [1.807, 2.05) is 6.92 Å². The molecule has 0 heterocycles. The summed E-state index contributed by atoms with van der Waals surface area (Å²) < 4.78 is 31.7. The second kappa shape index (κ2) is 7.43. The molecule has 0 saturated carbocycles. The first-order valence-corrected chi connectivity index (χ1v) is 6.36. The van der Waals surface area contributed by atoms with Crippen LogP contribution in [0.25, 0.3) is 0 Å². The van der Waals surface area contributed by atoms with Gasteiger partial charge in [0.15, 0.2) is 0 Å². The molecule has 0 aliphatic heterocycles. The van der Waals surface area contributed by atoms with Crippen LogP contribution in [0.4, 0.5) is 14.5 Å². The molecule has 0 aromatic heterocycles. The summed E-state index contributed by atoms with van der Waals surface area (Å²) in [6.07, 6.45) is 0.977. The van der Waals surface area contributed by atoms with Crippen molar-refractivity contribution >= 4 is 27.5 Å². The van der Waals surface area contributed by atoms with Crippen molar-refractivity contribution in [2.45, 2.75) is 19.8 Å². The molecule has 0 aliphatic rings. The molecule has 3 nitrogen and oxygen atoms in total. The minimum Gasteiger partial charge on any atom is -0.381 e. The summed E-state index contributed by atoms with van der Waals surface area (Å²) in [4.78, 5) is 11.4. The Morgan fingerprint density at radius 1 is 1.33 bits per heavy atom. The molecular formula is C12H14BrF2NO2. The van der Waals surface area contributed by atoms with Crippen molar-refractivity contribution in [3.63, 3.8) is 0 Å². The number of carbonyl (C=O) groups is 1. The number of carbonyl (C=O) groups excluding carboxylic acids is 1. The van der Waals surface area contributed by atoms with Gasteiger partial charge in [-0.1, -0.05) is 6.92 Å². The monoisotopic (exact) mass is 321 g/mol. The maximum Gasteiger partial charge on any atom is 0.226 e. The first-order valence-electron chi connectivity index (χ1n) is 5.56. The Bertz CT molecular complexity index is 427. The van der Waals surface area contributed by atoms with Crippen molar-refractivity contribution in [2.24, 2.45) is 0 Å². The molecule has 0 aliphatic carbocycles. The van der Waals surface area contributed by atoms with E-state index in [9.17, 15) is 13.6 Å². The van der Waals surface area contributed by atoms with Gasteiger partial charge in [-0.2, -0.15) is 0 Å². The molecule has 6 heteroatoms. The van der Waals surface area contributed by atoms with Crippen LogP contribution in [0.5, 0.6) is 0 Å². The number of rotatable bonds is 6. The van der Waals surface area contributed by atoms with Crippen molar-refractivity contribution in [3.05, 3.63) is 28.2 Å². The highest BCUT2D eigenvalue weighted by atomic mass is 79.9. The molecule has 0 unspecified atom stereocenters. The van der Waals surface area contributed by atoms with Gasteiger partial charge in [-0.05, 0) is 28.4 Å². The van der Waals surface area contributed by atoms with E-state index in [-0.39, 0.29) is 23.2 Å². The first kappa shape index (κ1) is 15.0. The van der Waals surface area contributed by atoms with Crippen LogP contribution in [0.2, 0.25) is 0 Å². The van der Waals surface area contributed by atoms with Crippen molar-refractivity contribution in [3.8, 4) is 0 Å². The molecule has 0 atom stereocenters. The van der Waals surface area contributed by atoms with Crippen LogP contribution >= 0.6 is 15.9 Å². The normalized spacial score (nSPS) is 10.4. The van der Waals surface area contributed by atoms with Crippen molar-refractivity contribution in [1.82, 2.24) is 0 Å². The quantitative estimate of drug-likeness (QED) is 0.643. The molecule has 0 bridgehead atoms. The maximum absolute atomic E-state index is 13.4. The Labute approximate surface area is 113 Å². The zero-order valence-corrected chi connectivity index (χ0v) is 11.5. The van der Waals surface area contributed by atoms with E-state index >= 15 is 0 Å². The lowest BCUT2D eigenvalue weighted by molar-refractivity contribution is -0.117. The number of ether oxygens (including phenoxy) is 1. The van der Waals surface area contributed by atoms with Crippen LogP contribution < -0.4 is 5.32 Å². The van der Waals surface area contributed by atoms with E-state index < -0.39 is 17.5 Å². The molecule has 0 saturated heterocycles. The van der Waals surface area contributed by atoms with E-state index in [2.05, 4.69) is 21.2 Å². The molecule has 1 N–H and O–H groups in total. The lowest BCUT2D eigenvalue weighted by atomic mass is 10.3. The number of hydrogen-bond acceptors (Lipinski definition) is 2.